The molecule has 1 heterocycles. The van der Waals surface area contributed by atoms with Gasteiger partial charge in [-0.1, -0.05) is 23.5 Å². The molecule has 0 atom stereocenters. The summed E-state index contributed by atoms with van der Waals surface area (Å²) in [5.74, 6) is -0.158. The summed E-state index contributed by atoms with van der Waals surface area (Å²) in [6.45, 7) is 3.53. The van der Waals surface area contributed by atoms with E-state index in [1.807, 2.05) is 23.7 Å². The first-order valence-electron chi connectivity index (χ1n) is 4.70. The van der Waals surface area contributed by atoms with E-state index in [4.69, 9.17) is 0 Å². The lowest BCUT2D eigenvalue weighted by Crippen LogP contribution is -2.12. The molecule has 4 heteroatoms. The Morgan fingerprint density at radius 2 is 2.20 bits per heavy atom. The number of fused-ring (bicyclic) bond motifs is 1. The first kappa shape index (κ1) is 10.1. The summed E-state index contributed by atoms with van der Waals surface area (Å²) in [5.41, 5.74) is 2.36. The molecule has 0 aliphatic carbocycles. The number of nitrogens with zero attached hydrogens (tertiary/aromatic N) is 2. The molecule has 0 bridgehead atoms. The fourth-order valence-corrected chi connectivity index (χ4v) is 2.78. The zero-order chi connectivity index (χ0) is 11.0. The lowest BCUT2D eigenvalue weighted by molar-refractivity contribution is -0.116. The van der Waals surface area contributed by atoms with Crippen LogP contribution in [0, 0.1) is 6.92 Å². The summed E-state index contributed by atoms with van der Waals surface area (Å²) in [6, 6.07) is 6.13. The fraction of sp³-hybridized carbons (Fsp3) is 0.273. The molecule has 0 saturated heterocycles. The van der Waals surface area contributed by atoms with E-state index >= 15 is 0 Å². The minimum Gasteiger partial charge on any atom is -0.319 e. The van der Waals surface area contributed by atoms with Gasteiger partial charge in [-0.3, -0.25) is 4.79 Å². The van der Waals surface area contributed by atoms with Crippen LogP contribution >= 0.6 is 11.3 Å². The highest BCUT2D eigenvalue weighted by atomic mass is 32.1. The molecule has 78 valence electrons. The fourth-order valence-electron chi connectivity index (χ4n) is 1.64. The predicted octanol–water partition coefficient (Wildman–Crippen LogP) is 2.00. The van der Waals surface area contributed by atoms with Crippen molar-refractivity contribution >= 4 is 27.5 Å². The van der Waals surface area contributed by atoms with E-state index in [0.29, 0.717) is 0 Å². The zero-order valence-corrected chi connectivity index (χ0v) is 9.76. The summed E-state index contributed by atoms with van der Waals surface area (Å²) < 4.78 is 3.13. The summed E-state index contributed by atoms with van der Waals surface area (Å²) in [5, 5.41) is 0. The Labute approximate surface area is 91.7 Å². The van der Waals surface area contributed by atoms with Crippen molar-refractivity contribution in [3.63, 3.8) is 0 Å². The van der Waals surface area contributed by atoms with Crippen LogP contribution in [0.2, 0.25) is 0 Å². The van der Waals surface area contributed by atoms with Gasteiger partial charge in [-0.15, -0.1) is 0 Å². The molecule has 0 spiro atoms. The SMILES string of the molecule is CC(=O)N=c1sc2cccc(C)c2n1C. The van der Waals surface area contributed by atoms with Gasteiger partial charge in [0.05, 0.1) is 10.2 Å². The third kappa shape index (κ3) is 1.72. The molecule has 3 nitrogen and oxygen atoms in total. The van der Waals surface area contributed by atoms with Crippen LogP contribution in [-0.2, 0) is 11.8 Å². The van der Waals surface area contributed by atoms with Crippen LogP contribution in [0.15, 0.2) is 23.2 Å². The molecule has 1 aromatic carbocycles. The van der Waals surface area contributed by atoms with Crippen molar-refractivity contribution in [2.45, 2.75) is 13.8 Å². The smallest absolute Gasteiger partial charge is 0.245 e. The van der Waals surface area contributed by atoms with Gasteiger partial charge in [0.25, 0.3) is 0 Å². The van der Waals surface area contributed by atoms with Gasteiger partial charge in [0, 0.05) is 14.0 Å². The Morgan fingerprint density at radius 1 is 1.47 bits per heavy atom. The Balaban J connectivity index is 2.87. The van der Waals surface area contributed by atoms with Gasteiger partial charge in [-0.25, -0.2) is 0 Å². The van der Waals surface area contributed by atoms with E-state index in [0.717, 1.165) is 15.0 Å². The van der Waals surface area contributed by atoms with Crippen molar-refractivity contribution in [2.24, 2.45) is 12.0 Å². The van der Waals surface area contributed by atoms with Crippen LogP contribution in [0.4, 0.5) is 0 Å². The highest BCUT2D eigenvalue weighted by Crippen LogP contribution is 2.19. The Bertz CT molecular complexity index is 592. The highest BCUT2D eigenvalue weighted by Gasteiger charge is 2.04. The average Bonchev–Trinajstić information content (AvgIpc) is 2.44. The molecule has 1 aromatic heterocycles. The van der Waals surface area contributed by atoms with E-state index in [1.54, 1.807) is 11.3 Å². The normalized spacial score (nSPS) is 12.3. The van der Waals surface area contributed by atoms with Gasteiger partial charge in [-0.05, 0) is 18.6 Å². The Kier molecular flexibility index (Phi) is 2.44. The summed E-state index contributed by atoms with van der Waals surface area (Å²) in [4.78, 5) is 15.7. The molecule has 0 aliphatic heterocycles. The molecule has 2 rings (SSSR count). The van der Waals surface area contributed by atoms with Crippen LogP contribution in [0.1, 0.15) is 12.5 Å². The largest absolute Gasteiger partial charge is 0.319 e. The van der Waals surface area contributed by atoms with Gasteiger partial charge in [-0.2, -0.15) is 4.99 Å². The van der Waals surface area contributed by atoms with Crippen molar-refractivity contribution in [3.8, 4) is 0 Å². The lowest BCUT2D eigenvalue weighted by Gasteiger charge is -1.98. The van der Waals surface area contributed by atoms with Gasteiger partial charge in [0.2, 0.25) is 5.91 Å². The number of carbonyl (C=O) groups is 1. The average molecular weight is 220 g/mol. The Morgan fingerprint density at radius 3 is 2.80 bits per heavy atom. The number of hydrogen-bond donors (Lipinski definition) is 0. The van der Waals surface area contributed by atoms with E-state index < -0.39 is 0 Å². The van der Waals surface area contributed by atoms with E-state index in [2.05, 4.69) is 18.0 Å². The highest BCUT2D eigenvalue weighted by molar-refractivity contribution is 7.16. The second-order valence-electron chi connectivity index (χ2n) is 3.50. The molecule has 1 amide bonds. The first-order valence-corrected chi connectivity index (χ1v) is 5.51. The standard InChI is InChI=1S/C11H12N2OS/c1-7-5-4-6-9-10(7)13(3)11(15-9)12-8(2)14/h4-6H,1-3H3. The number of rotatable bonds is 0. The number of carbonyl (C=O) groups excluding carboxylic acids is 1. The number of para-hydroxylation sites is 1. The van der Waals surface area contributed by atoms with Crippen molar-refractivity contribution in [3.05, 3.63) is 28.6 Å². The van der Waals surface area contributed by atoms with Crippen LogP contribution in [0.25, 0.3) is 10.2 Å². The van der Waals surface area contributed by atoms with E-state index in [1.165, 1.54) is 12.5 Å². The monoisotopic (exact) mass is 220 g/mol. The van der Waals surface area contributed by atoms with Crippen molar-refractivity contribution in [1.82, 2.24) is 4.57 Å². The zero-order valence-electron chi connectivity index (χ0n) is 8.94. The second kappa shape index (κ2) is 3.62. The number of amides is 1. The lowest BCUT2D eigenvalue weighted by atomic mass is 10.2. The molecule has 0 aliphatic rings. The van der Waals surface area contributed by atoms with Crippen molar-refractivity contribution in [1.29, 1.82) is 0 Å². The minimum atomic E-state index is -0.158. The van der Waals surface area contributed by atoms with Crippen LogP contribution < -0.4 is 4.80 Å². The number of hydrogen-bond acceptors (Lipinski definition) is 2. The summed E-state index contributed by atoms with van der Waals surface area (Å²) in [6.07, 6.45) is 0. The molecule has 0 saturated carbocycles. The molecule has 0 N–H and O–H groups in total. The molecular weight excluding hydrogens is 208 g/mol. The summed E-state index contributed by atoms with van der Waals surface area (Å²) >= 11 is 1.54. The number of aromatic nitrogens is 1. The maximum atomic E-state index is 11.0. The molecule has 0 radical (unpaired) electrons. The topological polar surface area (TPSA) is 34.4 Å². The van der Waals surface area contributed by atoms with E-state index in [-0.39, 0.29) is 5.91 Å². The van der Waals surface area contributed by atoms with Crippen molar-refractivity contribution in [2.75, 3.05) is 0 Å². The maximum absolute atomic E-state index is 11.0. The number of benzene rings is 1. The first-order chi connectivity index (χ1) is 7.09. The van der Waals surface area contributed by atoms with Gasteiger partial charge < -0.3 is 4.57 Å². The maximum Gasteiger partial charge on any atom is 0.245 e. The van der Waals surface area contributed by atoms with Crippen LogP contribution in [0.5, 0.6) is 0 Å². The molecule has 0 fully saturated rings. The second-order valence-corrected chi connectivity index (χ2v) is 4.51. The quantitative estimate of drug-likeness (QED) is 0.668. The summed E-state index contributed by atoms with van der Waals surface area (Å²) in [7, 11) is 1.94. The molecular formula is C11H12N2OS. The predicted molar refractivity (Wildman–Crippen MR) is 61.8 cm³/mol. The third-order valence-corrected chi connectivity index (χ3v) is 3.37. The minimum absolute atomic E-state index is 0.158. The Hall–Kier alpha value is -1.42. The molecule has 15 heavy (non-hydrogen) atoms. The number of aryl methyl sites for hydroxylation is 2. The van der Waals surface area contributed by atoms with Gasteiger partial charge in [0.15, 0.2) is 4.80 Å². The van der Waals surface area contributed by atoms with Crippen molar-refractivity contribution < 1.29 is 4.79 Å². The van der Waals surface area contributed by atoms with Gasteiger partial charge in [0.1, 0.15) is 0 Å². The van der Waals surface area contributed by atoms with E-state index in [9.17, 15) is 4.79 Å². The molecule has 0 unspecified atom stereocenters. The van der Waals surface area contributed by atoms with Gasteiger partial charge >= 0.3 is 0 Å². The van der Waals surface area contributed by atoms with Crippen LogP contribution in [-0.4, -0.2) is 10.5 Å². The molecule has 2 aromatic rings. The van der Waals surface area contributed by atoms with Crippen LogP contribution in [0.3, 0.4) is 0 Å². The number of thiazole rings is 1. The third-order valence-electron chi connectivity index (χ3n) is 2.28.